The smallest absolute Gasteiger partial charge is 0.416 e. The first-order chi connectivity index (χ1) is 10.3. The van der Waals surface area contributed by atoms with E-state index in [9.17, 15) is 23.1 Å². The van der Waals surface area contributed by atoms with E-state index >= 15 is 0 Å². The number of rotatable bonds is 1. The fourth-order valence-electron chi connectivity index (χ4n) is 2.63. The molecule has 0 saturated carbocycles. The number of carbonyl (C=O) groups excluding carboxylic acids is 1. The van der Waals surface area contributed by atoms with Gasteiger partial charge in [0.1, 0.15) is 5.75 Å². The first-order valence-electron chi connectivity index (χ1n) is 6.59. The van der Waals surface area contributed by atoms with Crippen LogP contribution in [-0.2, 0) is 12.7 Å². The molecule has 0 atom stereocenters. The number of alkyl halides is 3. The Morgan fingerprint density at radius 2 is 1.91 bits per heavy atom. The van der Waals surface area contributed by atoms with E-state index in [1.165, 1.54) is 30.0 Å². The van der Waals surface area contributed by atoms with E-state index in [0.29, 0.717) is 5.56 Å². The molecule has 0 bridgehead atoms. The van der Waals surface area contributed by atoms with Gasteiger partial charge >= 0.3 is 6.18 Å². The summed E-state index contributed by atoms with van der Waals surface area (Å²) in [5, 5.41) is 9.77. The molecule has 22 heavy (non-hydrogen) atoms. The van der Waals surface area contributed by atoms with Crippen molar-refractivity contribution in [1.82, 2.24) is 0 Å². The number of halogens is 3. The number of hydrogen-bond donors (Lipinski definition) is 1. The SMILES string of the molecule is Cc1ccc(N2Cc3cccc(O)c3C2=O)cc1C(F)(F)F. The molecule has 1 N–H and O–H groups in total. The van der Waals surface area contributed by atoms with Crippen molar-refractivity contribution in [3.63, 3.8) is 0 Å². The molecule has 2 aromatic carbocycles. The Morgan fingerprint density at radius 3 is 2.55 bits per heavy atom. The molecular weight excluding hydrogens is 295 g/mol. The summed E-state index contributed by atoms with van der Waals surface area (Å²) in [4.78, 5) is 13.6. The molecule has 0 spiro atoms. The lowest BCUT2D eigenvalue weighted by Crippen LogP contribution is -2.23. The Morgan fingerprint density at radius 1 is 1.18 bits per heavy atom. The molecule has 6 heteroatoms. The van der Waals surface area contributed by atoms with Gasteiger partial charge in [-0.15, -0.1) is 0 Å². The highest BCUT2D eigenvalue weighted by Gasteiger charge is 2.35. The number of aryl methyl sites for hydroxylation is 1. The highest BCUT2D eigenvalue weighted by atomic mass is 19.4. The van der Waals surface area contributed by atoms with Gasteiger partial charge < -0.3 is 10.0 Å². The van der Waals surface area contributed by atoms with Crippen LogP contribution in [0.15, 0.2) is 36.4 Å². The maximum absolute atomic E-state index is 13.0. The Bertz CT molecular complexity index is 768. The van der Waals surface area contributed by atoms with Gasteiger partial charge in [0.05, 0.1) is 17.7 Å². The van der Waals surface area contributed by atoms with Crippen LogP contribution in [0.25, 0.3) is 0 Å². The maximum Gasteiger partial charge on any atom is 0.416 e. The van der Waals surface area contributed by atoms with Crippen molar-refractivity contribution in [3.05, 3.63) is 58.7 Å². The summed E-state index contributed by atoms with van der Waals surface area (Å²) in [6.07, 6.45) is -4.47. The molecule has 0 radical (unpaired) electrons. The van der Waals surface area contributed by atoms with Gasteiger partial charge in [-0.05, 0) is 36.2 Å². The number of anilines is 1. The van der Waals surface area contributed by atoms with Crippen LogP contribution < -0.4 is 4.90 Å². The van der Waals surface area contributed by atoms with Crippen molar-refractivity contribution in [1.29, 1.82) is 0 Å². The van der Waals surface area contributed by atoms with Gasteiger partial charge in [0.2, 0.25) is 0 Å². The molecule has 114 valence electrons. The van der Waals surface area contributed by atoms with Crippen LogP contribution in [0.3, 0.4) is 0 Å². The predicted octanol–water partition coefficient (Wildman–Crippen LogP) is 3.88. The fourth-order valence-corrected chi connectivity index (χ4v) is 2.63. The van der Waals surface area contributed by atoms with Gasteiger partial charge in [-0.3, -0.25) is 4.79 Å². The minimum absolute atomic E-state index is 0.100. The first-order valence-corrected chi connectivity index (χ1v) is 6.59. The van der Waals surface area contributed by atoms with Crippen LogP contribution in [-0.4, -0.2) is 11.0 Å². The van der Waals surface area contributed by atoms with Gasteiger partial charge in [-0.25, -0.2) is 0 Å². The van der Waals surface area contributed by atoms with E-state index in [1.807, 2.05) is 0 Å². The maximum atomic E-state index is 13.0. The van der Waals surface area contributed by atoms with Crippen molar-refractivity contribution in [2.75, 3.05) is 4.90 Å². The van der Waals surface area contributed by atoms with Crippen molar-refractivity contribution in [2.24, 2.45) is 0 Å². The average Bonchev–Trinajstić information content (AvgIpc) is 2.77. The highest BCUT2D eigenvalue weighted by Crippen LogP contribution is 2.37. The van der Waals surface area contributed by atoms with Crippen LogP contribution in [0.5, 0.6) is 5.75 Å². The second-order valence-corrected chi connectivity index (χ2v) is 5.20. The van der Waals surface area contributed by atoms with Crippen molar-refractivity contribution in [2.45, 2.75) is 19.6 Å². The van der Waals surface area contributed by atoms with Gasteiger partial charge in [0.25, 0.3) is 5.91 Å². The summed E-state index contributed by atoms with van der Waals surface area (Å²) in [7, 11) is 0. The lowest BCUT2D eigenvalue weighted by molar-refractivity contribution is -0.138. The van der Waals surface area contributed by atoms with Gasteiger partial charge in [0.15, 0.2) is 0 Å². The Hall–Kier alpha value is -2.50. The third-order valence-electron chi connectivity index (χ3n) is 3.75. The third-order valence-corrected chi connectivity index (χ3v) is 3.75. The Labute approximate surface area is 124 Å². The summed E-state index contributed by atoms with van der Waals surface area (Å²) in [6.45, 7) is 1.52. The second-order valence-electron chi connectivity index (χ2n) is 5.20. The molecule has 0 aromatic heterocycles. The van der Waals surface area contributed by atoms with E-state index in [1.54, 1.807) is 12.1 Å². The van der Waals surface area contributed by atoms with Gasteiger partial charge in [0, 0.05) is 5.69 Å². The molecule has 1 heterocycles. The molecule has 0 aliphatic carbocycles. The molecule has 3 rings (SSSR count). The largest absolute Gasteiger partial charge is 0.507 e. The summed E-state index contributed by atoms with van der Waals surface area (Å²) in [5.41, 5.74) is 0.246. The average molecular weight is 307 g/mol. The van der Waals surface area contributed by atoms with Crippen LogP contribution in [0.4, 0.5) is 18.9 Å². The molecule has 1 aliphatic heterocycles. The molecule has 3 nitrogen and oxygen atoms in total. The number of hydrogen-bond acceptors (Lipinski definition) is 2. The number of phenolic OH excluding ortho intramolecular Hbond substituents is 1. The zero-order valence-electron chi connectivity index (χ0n) is 11.6. The predicted molar refractivity (Wildman–Crippen MR) is 74.8 cm³/mol. The van der Waals surface area contributed by atoms with E-state index < -0.39 is 17.6 Å². The van der Waals surface area contributed by atoms with Crippen molar-refractivity contribution in [3.8, 4) is 5.75 Å². The monoisotopic (exact) mass is 307 g/mol. The molecule has 0 fully saturated rings. The summed E-state index contributed by atoms with van der Waals surface area (Å²) < 4.78 is 39.0. The van der Waals surface area contributed by atoms with Crippen molar-refractivity contribution >= 4 is 11.6 Å². The number of fused-ring (bicyclic) bond motifs is 1. The lowest BCUT2D eigenvalue weighted by Gasteiger charge is -2.19. The third kappa shape index (κ3) is 2.20. The zero-order chi connectivity index (χ0) is 16.1. The highest BCUT2D eigenvalue weighted by molar-refractivity contribution is 6.11. The number of amides is 1. The van der Waals surface area contributed by atoms with Crippen LogP contribution in [0.2, 0.25) is 0 Å². The standard InChI is InChI=1S/C16H12F3NO2/c1-9-5-6-11(7-12(9)16(17,18)19)20-8-10-3-2-4-13(21)14(10)15(20)22/h2-7,21H,8H2,1H3. The molecule has 1 amide bonds. The van der Waals surface area contributed by atoms with Gasteiger partial charge in [-0.2, -0.15) is 13.2 Å². The van der Waals surface area contributed by atoms with Crippen LogP contribution in [0, 0.1) is 6.92 Å². The Balaban J connectivity index is 2.04. The van der Waals surface area contributed by atoms with E-state index in [-0.39, 0.29) is 29.1 Å². The van der Waals surface area contributed by atoms with E-state index in [4.69, 9.17) is 0 Å². The topological polar surface area (TPSA) is 40.5 Å². The number of aromatic hydroxyl groups is 1. The normalized spacial score (nSPS) is 14.4. The minimum atomic E-state index is -4.47. The van der Waals surface area contributed by atoms with E-state index in [2.05, 4.69) is 0 Å². The van der Waals surface area contributed by atoms with Crippen molar-refractivity contribution < 1.29 is 23.1 Å². The van der Waals surface area contributed by atoms with Crippen LogP contribution >= 0.6 is 0 Å². The second kappa shape index (κ2) is 4.76. The summed E-state index contributed by atoms with van der Waals surface area (Å²) in [6, 6.07) is 8.44. The van der Waals surface area contributed by atoms with E-state index in [0.717, 1.165) is 6.07 Å². The number of phenols is 1. The minimum Gasteiger partial charge on any atom is -0.507 e. The fraction of sp³-hybridized carbons (Fsp3) is 0.188. The summed E-state index contributed by atoms with van der Waals surface area (Å²) in [5.74, 6) is -0.654. The molecular formula is C16H12F3NO2. The zero-order valence-corrected chi connectivity index (χ0v) is 11.6. The molecule has 0 saturated heterocycles. The number of nitrogens with zero attached hydrogens (tertiary/aromatic N) is 1. The summed E-state index contributed by atoms with van der Waals surface area (Å²) >= 11 is 0. The molecule has 0 unspecified atom stereocenters. The molecule has 2 aromatic rings. The van der Waals surface area contributed by atoms with Crippen LogP contribution in [0.1, 0.15) is 27.0 Å². The quantitative estimate of drug-likeness (QED) is 0.868. The lowest BCUT2D eigenvalue weighted by atomic mass is 10.1. The molecule has 1 aliphatic rings. The number of carbonyl (C=O) groups is 1. The number of benzene rings is 2. The van der Waals surface area contributed by atoms with Gasteiger partial charge in [-0.1, -0.05) is 18.2 Å². The Kier molecular flexibility index (Phi) is 3.12. The first kappa shape index (κ1) is 14.4.